The van der Waals surface area contributed by atoms with Crippen molar-refractivity contribution in [2.75, 3.05) is 14.2 Å². The van der Waals surface area contributed by atoms with Gasteiger partial charge in [0.15, 0.2) is 0 Å². The molecule has 0 saturated heterocycles. The van der Waals surface area contributed by atoms with Crippen molar-refractivity contribution < 1.29 is 19.1 Å². The number of aryl methyl sites for hydroxylation is 2. The van der Waals surface area contributed by atoms with Crippen molar-refractivity contribution in [1.29, 1.82) is 0 Å². The Morgan fingerprint density at radius 1 is 0.765 bits per heavy atom. The van der Waals surface area contributed by atoms with E-state index in [4.69, 9.17) is 9.47 Å². The number of amides is 2. The van der Waals surface area contributed by atoms with E-state index in [1.54, 1.807) is 40.2 Å². The Bertz CT molecular complexity index is 1160. The fourth-order valence-electron chi connectivity index (χ4n) is 3.08. The molecule has 1 aromatic heterocycles. The first-order valence-corrected chi connectivity index (χ1v) is 10.3. The van der Waals surface area contributed by atoms with Crippen LogP contribution in [0.25, 0.3) is 0 Å². The van der Waals surface area contributed by atoms with Crippen molar-refractivity contribution >= 4 is 24.2 Å². The number of aromatic nitrogens is 1. The van der Waals surface area contributed by atoms with E-state index in [1.165, 1.54) is 18.5 Å². The standard InChI is InChI=1S/C25H25N5O4/c1-16-22(24(31)29-26-14-18-7-5-9-20(11-18)33-3)13-23(17(2)28-16)25(32)30-27-15-19-8-6-10-21(12-19)34-4/h5-15H,1-4H3,(H,29,31)(H,30,32)/b26-14+,27-15+. The Kier molecular flexibility index (Phi) is 8.07. The van der Waals surface area contributed by atoms with E-state index < -0.39 is 11.8 Å². The molecule has 0 radical (unpaired) electrons. The molecule has 0 aliphatic rings. The van der Waals surface area contributed by atoms with Gasteiger partial charge in [0.25, 0.3) is 11.8 Å². The summed E-state index contributed by atoms with van der Waals surface area (Å²) in [5.41, 5.74) is 7.85. The molecule has 2 N–H and O–H groups in total. The van der Waals surface area contributed by atoms with E-state index in [-0.39, 0.29) is 11.1 Å². The second-order valence-electron chi connectivity index (χ2n) is 7.21. The normalized spacial score (nSPS) is 10.9. The van der Waals surface area contributed by atoms with Crippen molar-refractivity contribution in [2.45, 2.75) is 13.8 Å². The third kappa shape index (κ3) is 6.26. The molecule has 0 fully saturated rings. The lowest BCUT2D eigenvalue weighted by Gasteiger charge is -2.09. The maximum atomic E-state index is 12.7. The third-order valence-electron chi connectivity index (χ3n) is 4.84. The number of hydrogen-bond donors (Lipinski definition) is 2. The number of hydrogen-bond acceptors (Lipinski definition) is 7. The largest absolute Gasteiger partial charge is 0.497 e. The maximum Gasteiger partial charge on any atom is 0.273 e. The molecule has 2 amide bonds. The highest BCUT2D eigenvalue weighted by Crippen LogP contribution is 2.14. The van der Waals surface area contributed by atoms with Gasteiger partial charge in [0.1, 0.15) is 11.5 Å². The monoisotopic (exact) mass is 459 g/mol. The highest BCUT2D eigenvalue weighted by Gasteiger charge is 2.17. The predicted molar refractivity (Wildman–Crippen MR) is 130 cm³/mol. The van der Waals surface area contributed by atoms with Crippen LogP contribution in [-0.2, 0) is 0 Å². The van der Waals surface area contributed by atoms with Gasteiger partial charge in [-0.3, -0.25) is 14.6 Å². The van der Waals surface area contributed by atoms with Crippen LogP contribution in [0.4, 0.5) is 0 Å². The molecule has 174 valence electrons. The number of nitrogens with zero attached hydrogens (tertiary/aromatic N) is 3. The van der Waals surface area contributed by atoms with E-state index in [0.717, 1.165) is 11.1 Å². The quantitative estimate of drug-likeness (QED) is 0.396. The number of carbonyl (C=O) groups excluding carboxylic acids is 2. The van der Waals surface area contributed by atoms with Crippen LogP contribution >= 0.6 is 0 Å². The van der Waals surface area contributed by atoms with Gasteiger partial charge in [-0.1, -0.05) is 24.3 Å². The Labute approximate surface area is 197 Å². The summed E-state index contributed by atoms with van der Waals surface area (Å²) in [6.07, 6.45) is 3.00. The summed E-state index contributed by atoms with van der Waals surface area (Å²) in [5.74, 6) is 0.383. The SMILES string of the molecule is COc1cccc(/C=N/NC(=O)c2cc(C(=O)N/N=C/c3cccc(OC)c3)c(C)nc2C)c1. The lowest BCUT2D eigenvalue weighted by Crippen LogP contribution is -2.23. The molecule has 0 bridgehead atoms. The number of nitrogens with one attached hydrogen (secondary N) is 2. The van der Waals surface area contributed by atoms with Crippen LogP contribution in [0.5, 0.6) is 11.5 Å². The zero-order valence-electron chi connectivity index (χ0n) is 19.3. The van der Waals surface area contributed by atoms with Gasteiger partial charge in [-0.05, 0) is 55.3 Å². The van der Waals surface area contributed by atoms with Crippen molar-refractivity contribution in [1.82, 2.24) is 15.8 Å². The number of rotatable bonds is 8. The molecule has 0 atom stereocenters. The minimum absolute atomic E-state index is 0.232. The highest BCUT2D eigenvalue weighted by molar-refractivity contribution is 6.01. The minimum atomic E-state index is -0.488. The Balaban J connectivity index is 1.70. The molecule has 9 nitrogen and oxygen atoms in total. The van der Waals surface area contributed by atoms with Crippen molar-refractivity contribution in [3.05, 3.63) is 88.2 Å². The van der Waals surface area contributed by atoms with Crippen LogP contribution in [0.1, 0.15) is 43.2 Å². The number of benzene rings is 2. The van der Waals surface area contributed by atoms with Gasteiger partial charge in [0.2, 0.25) is 0 Å². The smallest absolute Gasteiger partial charge is 0.273 e. The topological polar surface area (TPSA) is 114 Å². The molecule has 0 aliphatic heterocycles. The van der Waals surface area contributed by atoms with Gasteiger partial charge < -0.3 is 9.47 Å². The molecular weight excluding hydrogens is 434 g/mol. The average molecular weight is 460 g/mol. The van der Waals surface area contributed by atoms with Crippen molar-refractivity contribution in [2.24, 2.45) is 10.2 Å². The molecular formula is C25H25N5O4. The van der Waals surface area contributed by atoms with E-state index in [9.17, 15) is 9.59 Å². The van der Waals surface area contributed by atoms with E-state index in [2.05, 4.69) is 26.0 Å². The highest BCUT2D eigenvalue weighted by atomic mass is 16.5. The van der Waals surface area contributed by atoms with E-state index in [0.29, 0.717) is 22.9 Å². The van der Waals surface area contributed by atoms with Crippen molar-refractivity contribution in [3.8, 4) is 11.5 Å². The molecule has 34 heavy (non-hydrogen) atoms. The number of methoxy groups -OCH3 is 2. The number of carbonyl (C=O) groups is 2. The lowest BCUT2D eigenvalue weighted by atomic mass is 10.1. The second kappa shape index (κ2) is 11.4. The predicted octanol–water partition coefficient (Wildman–Crippen LogP) is 3.24. The second-order valence-corrected chi connectivity index (χ2v) is 7.21. The Hall–Kier alpha value is -4.53. The van der Waals surface area contributed by atoms with Gasteiger partial charge >= 0.3 is 0 Å². The zero-order valence-corrected chi connectivity index (χ0v) is 19.3. The van der Waals surface area contributed by atoms with E-state index >= 15 is 0 Å². The molecule has 0 spiro atoms. The van der Waals surface area contributed by atoms with Crippen LogP contribution in [0.15, 0.2) is 64.8 Å². The summed E-state index contributed by atoms with van der Waals surface area (Å²) in [7, 11) is 3.14. The number of ether oxygens (including phenoxy) is 2. The first-order valence-electron chi connectivity index (χ1n) is 10.3. The third-order valence-corrected chi connectivity index (χ3v) is 4.84. The Morgan fingerprint density at radius 3 is 1.62 bits per heavy atom. The molecule has 0 unspecified atom stereocenters. The van der Waals surface area contributed by atoms with Gasteiger partial charge in [-0.25, -0.2) is 10.9 Å². The molecule has 3 rings (SSSR count). The number of hydrazone groups is 2. The minimum Gasteiger partial charge on any atom is -0.497 e. The van der Waals surface area contributed by atoms with Gasteiger partial charge in [0.05, 0.1) is 49.2 Å². The summed E-state index contributed by atoms with van der Waals surface area (Å²) >= 11 is 0. The van der Waals surface area contributed by atoms with Gasteiger partial charge in [-0.15, -0.1) is 0 Å². The first-order chi connectivity index (χ1) is 16.4. The zero-order chi connectivity index (χ0) is 24.5. The summed E-state index contributed by atoms with van der Waals surface area (Å²) in [4.78, 5) is 29.7. The van der Waals surface area contributed by atoms with Crippen molar-refractivity contribution in [3.63, 3.8) is 0 Å². The molecule has 3 aromatic rings. The van der Waals surface area contributed by atoms with Crippen LogP contribution in [0.2, 0.25) is 0 Å². The van der Waals surface area contributed by atoms with E-state index in [1.807, 2.05) is 36.4 Å². The number of pyridine rings is 1. The molecule has 1 heterocycles. The molecule has 9 heteroatoms. The van der Waals surface area contributed by atoms with Gasteiger partial charge in [-0.2, -0.15) is 10.2 Å². The lowest BCUT2D eigenvalue weighted by molar-refractivity contribution is 0.0954. The summed E-state index contributed by atoms with van der Waals surface area (Å²) in [6, 6.07) is 15.9. The van der Waals surface area contributed by atoms with Crippen LogP contribution in [0.3, 0.4) is 0 Å². The molecule has 0 aliphatic carbocycles. The van der Waals surface area contributed by atoms with Gasteiger partial charge in [0, 0.05) is 0 Å². The van der Waals surface area contributed by atoms with Crippen LogP contribution in [-0.4, -0.2) is 43.4 Å². The fraction of sp³-hybridized carbons (Fsp3) is 0.160. The molecule has 2 aromatic carbocycles. The van der Waals surface area contributed by atoms with Crippen LogP contribution in [0, 0.1) is 13.8 Å². The summed E-state index contributed by atoms with van der Waals surface area (Å²) in [5, 5.41) is 7.97. The van der Waals surface area contributed by atoms with Crippen LogP contribution < -0.4 is 20.3 Å². The average Bonchev–Trinajstić information content (AvgIpc) is 2.84. The summed E-state index contributed by atoms with van der Waals surface area (Å²) in [6.45, 7) is 3.38. The summed E-state index contributed by atoms with van der Waals surface area (Å²) < 4.78 is 10.3. The fourth-order valence-corrected chi connectivity index (χ4v) is 3.08. The molecule has 0 saturated carbocycles. The first kappa shape index (κ1) is 24.1. The Morgan fingerprint density at radius 2 is 1.21 bits per heavy atom. The maximum absolute atomic E-state index is 12.7.